The molecule has 6 nitrogen and oxygen atoms in total. The van der Waals surface area contributed by atoms with Crippen LogP contribution in [0.1, 0.15) is 29.7 Å². The first-order valence-electron chi connectivity index (χ1n) is 12.2. The van der Waals surface area contributed by atoms with Crippen molar-refractivity contribution in [2.75, 3.05) is 25.6 Å². The standard InChI is InChI=1S/C30H26BrN3O3S/c1-4-37-29(36)25-26(20-11-7-5-8-12-20)32-30-34(27(25)21-13-9-6-10-14-21)28(35)24(38-30)18-19-15-16-23(33(2)3)22(31)17-19/h5-18,27H,4H2,1-3H3/b24-18-/t27-/m0/s1. The van der Waals surface area contributed by atoms with E-state index >= 15 is 0 Å². The molecular formula is C30H26BrN3O3S. The maximum absolute atomic E-state index is 13.9. The Morgan fingerprint density at radius 1 is 1.08 bits per heavy atom. The molecule has 0 amide bonds. The predicted molar refractivity (Wildman–Crippen MR) is 156 cm³/mol. The first kappa shape index (κ1) is 25.9. The number of carbonyl (C=O) groups excluding carboxylic acids is 1. The van der Waals surface area contributed by atoms with Crippen LogP contribution in [0.4, 0.5) is 5.69 Å². The molecule has 8 heteroatoms. The van der Waals surface area contributed by atoms with Crippen LogP contribution in [0.3, 0.4) is 0 Å². The van der Waals surface area contributed by atoms with E-state index in [-0.39, 0.29) is 12.2 Å². The second-order valence-corrected chi connectivity index (χ2v) is 10.8. The van der Waals surface area contributed by atoms with Gasteiger partial charge in [0.15, 0.2) is 4.80 Å². The van der Waals surface area contributed by atoms with Gasteiger partial charge in [0.2, 0.25) is 0 Å². The van der Waals surface area contributed by atoms with Gasteiger partial charge in [-0.25, -0.2) is 9.79 Å². The summed E-state index contributed by atoms with van der Waals surface area (Å²) in [6.07, 6.45) is 1.87. The second kappa shape index (κ2) is 10.9. The largest absolute Gasteiger partial charge is 0.463 e. The van der Waals surface area contributed by atoms with Crippen molar-refractivity contribution in [1.29, 1.82) is 0 Å². The molecule has 0 aliphatic carbocycles. The smallest absolute Gasteiger partial charge is 0.338 e. The second-order valence-electron chi connectivity index (χ2n) is 8.95. The third-order valence-corrected chi connectivity index (χ3v) is 7.86. The molecule has 1 aromatic heterocycles. The minimum Gasteiger partial charge on any atom is -0.463 e. The van der Waals surface area contributed by atoms with Crippen LogP contribution >= 0.6 is 27.3 Å². The van der Waals surface area contributed by atoms with Gasteiger partial charge in [0.25, 0.3) is 5.56 Å². The Hall–Kier alpha value is -3.75. The van der Waals surface area contributed by atoms with Crippen LogP contribution < -0.4 is 19.8 Å². The van der Waals surface area contributed by atoms with Crippen LogP contribution in [0, 0.1) is 0 Å². The van der Waals surface area contributed by atoms with E-state index < -0.39 is 12.0 Å². The van der Waals surface area contributed by atoms with Crippen molar-refractivity contribution in [2.24, 2.45) is 4.99 Å². The van der Waals surface area contributed by atoms with Gasteiger partial charge >= 0.3 is 5.97 Å². The highest BCUT2D eigenvalue weighted by Crippen LogP contribution is 2.35. The molecule has 4 aromatic rings. The highest BCUT2D eigenvalue weighted by atomic mass is 79.9. The Labute approximate surface area is 233 Å². The normalized spacial score (nSPS) is 15.2. The zero-order valence-corrected chi connectivity index (χ0v) is 23.6. The SMILES string of the molecule is CCOC(=O)C1=C(c2ccccc2)N=c2s/c(=C\c3ccc(N(C)C)c(Br)c3)c(=O)n2[C@H]1c1ccccc1. The Bertz CT molecular complexity index is 1710. The molecule has 0 N–H and O–H groups in total. The molecule has 0 spiro atoms. The molecule has 0 unspecified atom stereocenters. The quantitative estimate of drug-likeness (QED) is 0.305. The number of fused-ring (bicyclic) bond motifs is 1. The molecule has 0 saturated carbocycles. The van der Waals surface area contributed by atoms with Crippen molar-refractivity contribution in [2.45, 2.75) is 13.0 Å². The molecule has 1 atom stereocenters. The Morgan fingerprint density at radius 3 is 2.39 bits per heavy atom. The highest BCUT2D eigenvalue weighted by molar-refractivity contribution is 9.10. The molecule has 0 bridgehead atoms. The van der Waals surface area contributed by atoms with Crippen LogP contribution in [0.2, 0.25) is 0 Å². The third-order valence-electron chi connectivity index (χ3n) is 6.24. The number of thiazole rings is 1. The van der Waals surface area contributed by atoms with Crippen molar-refractivity contribution in [3.05, 3.63) is 125 Å². The summed E-state index contributed by atoms with van der Waals surface area (Å²) >= 11 is 4.94. The lowest BCUT2D eigenvalue weighted by molar-refractivity contribution is -0.138. The summed E-state index contributed by atoms with van der Waals surface area (Å²) in [6, 6.07) is 24.4. The number of hydrogen-bond acceptors (Lipinski definition) is 6. The van der Waals surface area contributed by atoms with Crippen molar-refractivity contribution >= 4 is 50.7 Å². The number of esters is 1. The van der Waals surface area contributed by atoms with E-state index in [0.717, 1.165) is 26.9 Å². The minimum atomic E-state index is -0.674. The third kappa shape index (κ3) is 4.89. The number of aromatic nitrogens is 1. The molecule has 1 aliphatic rings. The minimum absolute atomic E-state index is 0.204. The zero-order chi connectivity index (χ0) is 26.8. The molecular weight excluding hydrogens is 562 g/mol. The highest BCUT2D eigenvalue weighted by Gasteiger charge is 2.35. The van der Waals surface area contributed by atoms with E-state index in [9.17, 15) is 9.59 Å². The maximum atomic E-state index is 13.9. The molecule has 2 heterocycles. The van der Waals surface area contributed by atoms with Gasteiger partial charge in [-0.15, -0.1) is 0 Å². The molecule has 38 heavy (non-hydrogen) atoms. The first-order valence-corrected chi connectivity index (χ1v) is 13.8. The first-order chi connectivity index (χ1) is 18.4. The van der Waals surface area contributed by atoms with Gasteiger partial charge in [-0.1, -0.05) is 78.1 Å². The zero-order valence-electron chi connectivity index (χ0n) is 21.2. The van der Waals surface area contributed by atoms with Gasteiger partial charge in [-0.2, -0.15) is 0 Å². The number of ether oxygens (including phenoxy) is 1. The van der Waals surface area contributed by atoms with E-state index in [4.69, 9.17) is 9.73 Å². The number of rotatable bonds is 6. The van der Waals surface area contributed by atoms with Crippen LogP contribution in [-0.4, -0.2) is 31.2 Å². The monoisotopic (exact) mass is 587 g/mol. The Balaban J connectivity index is 1.78. The number of carbonyl (C=O) groups is 1. The van der Waals surface area contributed by atoms with Crippen LogP contribution in [0.25, 0.3) is 11.8 Å². The van der Waals surface area contributed by atoms with Gasteiger partial charge in [0, 0.05) is 24.1 Å². The van der Waals surface area contributed by atoms with Crippen molar-refractivity contribution < 1.29 is 9.53 Å². The number of anilines is 1. The molecule has 5 rings (SSSR count). The van der Waals surface area contributed by atoms with E-state index in [1.54, 1.807) is 11.5 Å². The summed E-state index contributed by atoms with van der Waals surface area (Å²) in [5.41, 5.74) is 4.19. The van der Waals surface area contributed by atoms with Crippen molar-refractivity contribution in [3.63, 3.8) is 0 Å². The van der Waals surface area contributed by atoms with E-state index in [1.165, 1.54) is 11.3 Å². The van der Waals surface area contributed by atoms with Crippen LogP contribution in [0.15, 0.2) is 98.7 Å². The maximum Gasteiger partial charge on any atom is 0.338 e. The van der Waals surface area contributed by atoms with E-state index in [1.807, 2.05) is 104 Å². The van der Waals surface area contributed by atoms with Gasteiger partial charge in [-0.3, -0.25) is 9.36 Å². The van der Waals surface area contributed by atoms with Gasteiger partial charge in [0.1, 0.15) is 0 Å². The molecule has 0 fully saturated rings. The van der Waals surface area contributed by atoms with Gasteiger partial charge < -0.3 is 9.64 Å². The summed E-state index contributed by atoms with van der Waals surface area (Å²) in [6.45, 7) is 1.99. The van der Waals surface area contributed by atoms with E-state index in [0.29, 0.717) is 20.6 Å². The van der Waals surface area contributed by atoms with Crippen molar-refractivity contribution in [1.82, 2.24) is 4.57 Å². The molecule has 1 aliphatic heterocycles. The number of halogens is 1. The number of nitrogens with zero attached hydrogens (tertiary/aromatic N) is 3. The fourth-order valence-electron chi connectivity index (χ4n) is 4.52. The van der Waals surface area contributed by atoms with Crippen LogP contribution in [0.5, 0.6) is 0 Å². The topological polar surface area (TPSA) is 63.9 Å². The molecule has 3 aromatic carbocycles. The average Bonchev–Trinajstić information content (AvgIpc) is 3.23. The fourth-order valence-corrected chi connectivity index (χ4v) is 6.27. The van der Waals surface area contributed by atoms with E-state index in [2.05, 4.69) is 15.9 Å². The lowest BCUT2D eigenvalue weighted by Crippen LogP contribution is -2.39. The molecule has 0 saturated heterocycles. The lowest BCUT2D eigenvalue weighted by Gasteiger charge is -2.25. The van der Waals surface area contributed by atoms with Crippen molar-refractivity contribution in [3.8, 4) is 0 Å². The Kier molecular flexibility index (Phi) is 7.44. The van der Waals surface area contributed by atoms with Crippen LogP contribution in [-0.2, 0) is 9.53 Å². The summed E-state index contributed by atoms with van der Waals surface area (Å²) in [5.74, 6) is -0.485. The summed E-state index contributed by atoms with van der Waals surface area (Å²) < 4.78 is 8.59. The molecule has 0 radical (unpaired) electrons. The number of hydrogen-bond donors (Lipinski definition) is 0. The van der Waals surface area contributed by atoms with Gasteiger partial charge in [-0.05, 0) is 52.2 Å². The Morgan fingerprint density at radius 2 is 1.76 bits per heavy atom. The molecule has 192 valence electrons. The lowest BCUT2D eigenvalue weighted by atomic mass is 9.93. The average molecular weight is 589 g/mol. The van der Waals surface area contributed by atoms with Gasteiger partial charge in [0.05, 0.1) is 34.1 Å². The summed E-state index contributed by atoms with van der Waals surface area (Å²) in [4.78, 5) is 34.8. The fraction of sp³-hybridized carbons (Fsp3) is 0.167. The predicted octanol–water partition coefficient (Wildman–Crippen LogP) is 4.76. The number of benzene rings is 3. The summed E-state index contributed by atoms with van der Waals surface area (Å²) in [7, 11) is 3.96. The summed E-state index contributed by atoms with van der Waals surface area (Å²) in [5, 5.41) is 0.